The molecule has 0 radical (unpaired) electrons. The second-order valence-corrected chi connectivity index (χ2v) is 7.36. The van der Waals surface area contributed by atoms with Gasteiger partial charge >= 0.3 is 5.97 Å². The van der Waals surface area contributed by atoms with Crippen LogP contribution in [0, 0.1) is 0 Å². The molecule has 0 amide bonds. The maximum atomic E-state index is 10.9. The standard InChI is InChI=1S/C22H28N2O3.ClH/c25-21(26)19-6-8-20(9-7-19)23-14-11-22(27)12-16-24(17-13-22)15-10-18-4-2-1-3-5-18;/h1-9,23,27H,10-17H2,(H,25,26);1H. The van der Waals surface area contributed by atoms with Gasteiger partial charge in [-0.05, 0) is 55.5 Å². The molecule has 1 aliphatic heterocycles. The molecule has 3 N–H and O–H groups in total. The Morgan fingerprint density at radius 2 is 1.68 bits per heavy atom. The third-order valence-electron chi connectivity index (χ3n) is 5.40. The van der Waals surface area contributed by atoms with Crippen LogP contribution in [-0.2, 0) is 6.42 Å². The van der Waals surface area contributed by atoms with Crippen molar-refractivity contribution in [3.8, 4) is 0 Å². The number of nitrogens with zero attached hydrogens (tertiary/aromatic N) is 1. The molecule has 2 aromatic rings. The number of carboxylic acid groups (broad SMARTS) is 1. The molecule has 2 aromatic carbocycles. The van der Waals surface area contributed by atoms with Crippen molar-refractivity contribution in [2.24, 2.45) is 0 Å². The van der Waals surface area contributed by atoms with Gasteiger partial charge in [-0.25, -0.2) is 4.79 Å². The van der Waals surface area contributed by atoms with Crippen molar-refractivity contribution < 1.29 is 15.0 Å². The third-order valence-corrected chi connectivity index (χ3v) is 5.40. The van der Waals surface area contributed by atoms with Crippen LogP contribution >= 0.6 is 12.4 Å². The van der Waals surface area contributed by atoms with Crippen LogP contribution in [0.5, 0.6) is 0 Å². The first-order chi connectivity index (χ1) is 13.0. The van der Waals surface area contributed by atoms with Gasteiger partial charge in [0, 0.05) is 31.9 Å². The molecular formula is C22H29ClN2O3. The van der Waals surface area contributed by atoms with E-state index in [1.165, 1.54) is 5.56 Å². The van der Waals surface area contributed by atoms with Crippen molar-refractivity contribution in [2.45, 2.75) is 31.3 Å². The van der Waals surface area contributed by atoms with E-state index in [1.807, 2.05) is 6.07 Å². The summed E-state index contributed by atoms with van der Waals surface area (Å²) in [5.74, 6) is -0.921. The third kappa shape index (κ3) is 6.51. The van der Waals surface area contributed by atoms with Crippen molar-refractivity contribution >= 4 is 24.1 Å². The highest BCUT2D eigenvalue weighted by Gasteiger charge is 2.31. The second-order valence-electron chi connectivity index (χ2n) is 7.36. The first-order valence-electron chi connectivity index (χ1n) is 9.60. The van der Waals surface area contributed by atoms with Crippen LogP contribution in [0.3, 0.4) is 0 Å². The first kappa shape index (κ1) is 22.2. The molecule has 0 saturated carbocycles. The summed E-state index contributed by atoms with van der Waals surface area (Å²) in [5, 5.41) is 23.0. The first-order valence-corrected chi connectivity index (χ1v) is 9.60. The summed E-state index contributed by atoms with van der Waals surface area (Å²) in [4.78, 5) is 13.3. The maximum absolute atomic E-state index is 10.9. The minimum absolute atomic E-state index is 0. The zero-order valence-electron chi connectivity index (χ0n) is 16.0. The molecular weight excluding hydrogens is 376 g/mol. The Morgan fingerprint density at radius 1 is 1.04 bits per heavy atom. The number of halogens is 1. The topological polar surface area (TPSA) is 72.8 Å². The van der Waals surface area contributed by atoms with Crippen LogP contribution in [0.15, 0.2) is 54.6 Å². The van der Waals surface area contributed by atoms with Crippen LogP contribution in [0.1, 0.15) is 35.2 Å². The summed E-state index contributed by atoms with van der Waals surface area (Å²) in [7, 11) is 0. The molecule has 6 heteroatoms. The van der Waals surface area contributed by atoms with Gasteiger partial charge in [0.05, 0.1) is 11.2 Å². The monoisotopic (exact) mass is 404 g/mol. The lowest BCUT2D eigenvalue weighted by atomic mass is 9.88. The highest BCUT2D eigenvalue weighted by Crippen LogP contribution is 2.26. The quantitative estimate of drug-likeness (QED) is 0.626. The smallest absolute Gasteiger partial charge is 0.335 e. The van der Waals surface area contributed by atoms with Crippen LogP contribution in [0.4, 0.5) is 5.69 Å². The average Bonchev–Trinajstić information content (AvgIpc) is 2.69. The number of hydrogen-bond acceptors (Lipinski definition) is 4. The largest absolute Gasteiger partial charge is 0.478 e. The molecule has 1 fully saturated rings. The van der Waals surface area contributed by atoms with Gasteiger partial charge in [0.1, 0.15) is 0 Å². The number of benzene rings is 2. The van der Waals surface area contributed by atoms with Gasteiger partial charge < -0.3 is 20.4 Å². The van der Waals surface area contributed by atoms with E-state index in [-0.39, 0.29) is 18.0 Å². The molecule has 0 aliphatic carbocycles. The highest BCUT2D eigenvalue weighted by molar-refractivity contribution is 5.88. The van der Waals surface area contributed by atoms with Crippen molar-refractivity contribution in [2.75, 3.05) is 31.5 Å². The maximum Gasteiger partial charge on any atom is 0.335 e. The number of piperidine rings is 1. The highest BCUT2D eigenvalue weighted by atomic mass is 35.5. The SMILES string of the molecule is Cl.O=C(O)c1ccc(NCCC2(O)CCN(CCc3ccccc3)CC2)cc1. The number of aliphatic hydroxyl groups is 1. The summed E-state index contributed by atoms with van der Waals surface area (Å²) in [6, 6.07) is 17.2. The van der Waals surface area contributed by atoms with E-state index in [1.54, 1.807) is 24.3 Å². The van der Waals surface area contributed by atoms with Crippen molar-refractivity contribution in [3.63, 3.8) is 0 Å². The molecule has 28 heavy (non-hydrogen) atoms. The van der Waals surface area contributed by atoms with E-state index in [4.69, 9.17) is 5.11 Å². The molecule has 152 valence electrons. The van der Waals surface area contributed by atoms with Gasteiger partial charge in [0.25, 0.3) is 0 Å². The Balaban J connectivity index is 0.00000280. The normalized spacial score (nSPS) is 16.2. The van der Waals surface area contributed by atoms with Crippen LogP contribution in [0.25, 0.3) is 0 Å². The minimum Gasteiger partial charge on any atom is -0.478 e. The number of aromatic carboxylic acids is 1. The molecule has 0 bridgehead atoms. The molecule has 0 aromatic heterocycles. The van der Waals surface area contributed by atoms with E-state index in [2.05, 4.69) is 34.5 Å². The van der Waals surface area contributed by atoms with Gasteiger partial charge in [-0.2, -0.15) is 0 Å². The lowest BCUT2D eigenvalue weighted by Crippen LogP contribution is -2.45. The molecule has 0 unspecified atom stereocenters. The Hall–Kier alpha value is -2.08. The predicted octanol–water partition coefficient (Wildman–Crippen LogP) is 3.68. The number of likely N-dealkylation sites (tertiary alicyclic amines) is 1. The number of hydrogen-bond donors (Lipinski definition) is 3. The Bertz CT molecular complexity index is 729. The van der Waals surface area contributed by atoms with Gasteiger partial charge in [0.2, 0.25) is 0 Å². The van der Waals surface area contributed by atoms with Gasteiger partial charge in [-0.1, -0.05) is 30.3 Å². The molecule has 0 atom stereocenters. The average molecular weight is 405 g/mol. The lowest BCUT2D eigenvalue weighted by Gasteiger charge is -2.38. The van der Waals surface area contributed by atoms with Crippen LogP contribution < -0.4 is 5.32 Å². The summed E-state index contributed by atoms with van der Waals surface area (Å²) in [6.07, 6.45) is 3.33. The summed E-state index contributed by atoms with van der Waals surface area (Å²) in [6.45, 7) is 3.56. The van der Waals surface area contributed by atoms with Crippen LogP contribution in [0.2, 0.25) is 0 Å². The number of carboxylic acids is 1. The fourth-order valence-electron chi connectivity index (χ4n) is 3.54. The van der Waals surface area contributed by atoms with E-state index >= 15 is 0 Å². The fraction of sp³-hybridized carbons (Fsp3) is 0.409. The zero-order chi connectivity index (χ0) is 19.1. The zero-order valence-corrected chi connectivity index (χ0v) is 16.8. The summed E-state index contributed by atoms with van der Waals surface area (Å²) in [5.41, 5.74) is 1.90. The number of rotatable bonds is 8. The van der Waals surface area contributed by atoms with Crippen molar-refractivity contribution in [1.82, 2.24) is 4.90 Å². The minimum atomic E-state index is -0.921. The van der Waals surface area contributed by atoms with Gasteiger partial charge in [-0.3, -0.25) is 0 Å². The van der Waals surface area contributed by atoms with Gasteiger partial charge in [0.15, 0.2) is 0 Å². The molecule has 5 nitrogen and oxygen atoms in total. The Kier molecular flexibility index (Phi) is 8.30. The second kappa shape index (κ2) is 10.5. The summed E-state index contributed by atoms with van der Waals surface area (Å²) >= 11 is 0. The van der Waals surface area contributed by atoms with Crippen molar-refractivity contribution in [1.29, 1.82) is 0 Å². The number of carbonyl (C=O) groups is 1. The lowest BCUT2D eigenvalue weighted by molar-refractivity contribution is -0.0245. The van der Waals surface area contributed by atoms with Crippen LogP contribution in [-0.4, -0.2) is 52.9 Å². The van der Waals surface area contributed by atoms with Crippen molar-refractivity contribution in [3.05, 3.63) is 65.7 Å². The van der Waals surface area contributed by atoms with E-state index in [9.17, 15) is 9.90 Å². The fourth-order valence-corrected chi connectivity index (χ4v) is 3.54. The molecule has 1 aliphatic rings. The van der Waals surface area contributed by atoms with E-state index in [0.717, 1.165) is 44.6 Å². The van der Waals surface area contributed by atoms with E-state index in [0.29, 0.717) is 13.0 Å². The van der Waals surface area contributed by atoms with Gasteiger partial charge in [-0.15, -0.1) is 12.4 Å². The molecule has 1 saturated heterocycles. The molecule has 0 spiro atoms. The Morgan fingerprint density at radius 3 is 2.29 bits per heavy atom. The molecule has 3 rings (SSSR count). The number of anilines is 1. The summed E-state index contributed by atoms with van der Waals surface area (Å²) < 4.78 is 0. The Labute approximate surface area is 172 Å². The predicted molar refractivity (Wildman–Crippen MR) is 115 cm³/mol. The molecule has 1 heterocycles. The number of nitrogens with one attached hydrogen (secondary N) is 1. The van der Waals surface area contributed by atoms with E-state index < -0.39 is 11.6 Å².